The van der Waals surface area contributed by atoms with E-state index in [-0.39, 0.29) is 5.91 Å². The Labute approximate surface area is 226 Å². The summed E-state index contributed by atoms with van der Waals surface area (Å²) >= 11 is 13.3. The van der Waals surface area contributed by atoms with E-state index in [2.05, 4.69) is 0 Å². The number of hydrogen-bond acceptors (Lipinski definition) is 6. The standard InChI is InChI=1S/C27H28ClN3O3S2/c1-3-14-34-23-12-11-19(16-22(23)28)25-20(18-31(29-25)21-9-6-5-7-10-21)17-24-26(32)30(27(35)36-24)13-8-15-33-4-2/h5-7,9-12,16-18H,3-4,8,13-15H2,1-2H3/b24-17-. The molecule has 36 heavy (non-hydrogen) atoms. The first-order valence-corrected chi connectivity index (χ1v) is 13.5. The van der Waals surface area contributed by atoms with Gasteiger partial charge in [-0.3, -0.25) is 9.69 Å². The number of carbonyl (C=O) groups excluding carboxylic acids is 1. The van der Waals surface area contributed by atoms with Gasteiger partial charge in [-0.25, -0.2) is 4.68 Å². The van der Waals surface area contributed by atoms with Crippen molar-refractivity contribution in [3.05, 3.63) is 70.2 Å². The topological polar surface area (TPSA) is 56.6 Å². The minimum atomic E-state index is -0.0961. The lowest BCUT2D eigenvalue weighted by molar-refractivity contribution is -0.122. The number of nitrogens with zero attached hydrogens (tertiary/aromatic N) is 3. The van der Waals surface area contributed by atoms with E-state index in [1.165, 1.54) is 11.8 Å². The summed E-state index contributed by atoms with van der Waals surface area (Å²) in [5.74, 6) is 0.542. The second-order valence-electron chi connectivity index (χ2n) is 8.09. The Hall–Kier alpha value is -2.65. The van der Waals surface area contributed by atoms with E-state index in [1.54, 1.807) is 9.58 Å². The van der Waals surface area contributed by atoms with Gasteiger partial charge in [-0.05, 0) is 56.2 Å². The highest BCUT2D eigenvalue weighted by molar-refractivity contribution is 8.26. The third kappa shape index (κ3) is 6.18. The van der Waals surface area contributed by atoms with E-state index in [0.717, 1.165) is 29.7 Å². The molecule has 1 amide bonds. The van der Waals surface area contributed by atoms with Crippen molar-refractivity contribution in [2.75, 3.05) is 26.4 Å². The van der Waals surface area contributed by atoms with E-state index in [9.17, 15) is 4.79 Å². The molecule has 6 nitrogen and oxygen atoms in total. The van der Waals surface area contributed by atoms with E-state index in [0.29, 0.717) is 52.1 Å². The molecule has 9 heteroatoms. The number of thiocarbonyl (C=S) groups is 1. The van der Waals surface area contributed by atoms with Crippen LogP contribution in [0.2, 0.25) is 5.02 Å². The minimum Gasteiger partial charge on any atom is -0.492 e. The molecule has 2 heterocycles. The number of thioether (sulfide) groups is 1. The van der Waals surface area contributed by atoms with Crippen LogP contribution in [-0.2, 0) is 9.53 Å². The second-order valence-corrected chi connectivity index (χ2v) is 10.2. The van der Waals surface area contributed by atoms with Gasteiger partial charge in [0.25, 0.3) is 5.91 Å². The van der Waals surface area contributed by atoms with Gasteiger partial charge >= 0.3 is 0 Å². The van der Waals surface area contributed by atoms with Crippen LogP contribution in [0.3, 0.4) is 0 Å². The molecule has 0 bridgehead atoms. The molecule has 2 aromatic carbocycles. The number of benzene rings is 2. The van der Waals surface area contributed by atoms with Crippen molar-refractivity contribution in [1.29, 1.82) is 0 Å². The van der Waals surface area contributed by atoms with Crippen LogP contribution in [0.5, 0.6) is 5.75 Å². The summed E-state index contributed by atoms with van der Waals surface area (Å²) in [6.45, 7) is 6.38. The molecule has 3 aromatic rings. The predicted molar refractivity (Wildman–Crippen MR) is 151 cm³/mol. The van der Waals surface area contributed by atoms with Crippen molar-refractivity contribution in [2.24, 2.45) is 0 Å². The van der Waals surface area contributed by atoms with Crippen molar-refractivity contribution in [3.63, 3.8) is 0 Å². The maximum atomic E-state index is 13.2. The normalized spacial score (nSPS) is 14.8. The Morgan fingerprint density at radius 3 is 2.67 bits per heavy atom. The minimum absolute atomic E-state index is 0.0961. The molecule has 1 aliphatic rings. The van der Waals surface area contributed by atoms with Crippen LogP contribution >= 0.6 is 35.6 Å². The van der Waals surface area contributed by atoms with Crippen molar-refractivity contribution in [2.45, 2.75) is 26.7 Å². The Kier molecular flexibility index (Phi) is 9.20. The van der Waals surface area contributed by atoms with E-state index < -0.39 is 0 Å². The van der Waals surface area contributed by atoms with Crippen LogP contribution in [0.1, 0.15) is 32.3 Å². The Bertz CT molecular complexity index is 1260. The number of halogens is 1. The quantitative estimate of drug-likeness (QED) is 0.155. The van der Waals surface area contributed by atoms with Gasteiger partial charge in [0.1, 0.15) is 15.8 Å². The smallest absolute Gasteiger partial charge is 0.266 e. The number of rotatable bonds is 11. The van der Waals surface area contributed by atoms with Gasteiger partial charge in [0.15, 0.2) is 0 Å². The molecular weight excluding hydrogens is 514 g/mol. The van der Waals surface area contributed by atoms with Gasteiger partial charge < -0.3 is 9.47 Å². The van der Waals surface area contributed by atoms with Crippen LogP contribution in [0.4, 0.5) is 0 Å². The first-order chi connectivity index (χ1) is 17.5. The van der Waals surface area contributed by atoms with Crippen LogP contribution in [0, 0.1) is 0 Å². The molecule has 1 aromatic heterocycles. The molecule has 0 atom stereocenters. The van der Waals surface area contributed by atoms with Gasteiger partial charge in [-0.15, -0.1) is 0 Å². The largest absolute Gasteiger partial charge is 0.492 e. The van der Waals surface area contributed by atoms with E-state index in [4.69, 9.17) is 38.4 Å². The highest BCUT2D eigenvalue weighted by Gasteiger charge is 2.32. The van der Waals surface area contributed by atoms with E-state index in [1.807, 2.05) is 74.7 Å². The van der Waals surface area contributed by atoms with Gasteiger partial charge in [-0.1, -0.05) is 60.7 Å². The summed E-state index contributed by atoms with van der Waals surface area (Å²) in [4.78, 5) is 15.4. The highest BCUT2D eigenvalue weighted by Crippen LogP contribution is 2.36. The maximum absolute atomic E-state index is 13.2. The third-order valence-corrected chi connectivity index (χ3v) is 7.14. The zero-order valence-corrected chi connectivity index (χ0v) is 22.7. The predicted octanol–water partition coefficient (Wildman–Crippen LogP) is 6.61. The molecule has 0 saturated carbocycles. The molecule has 1 aliphatic heterocycles. The number of amides is 1. The molecule has 1 saturated heterocycles. The summed E-state index contributed by atoms with van der Waals surface area (Å²) in [7, 11) is 0. The third-order valence-electron chi connectivity index (χ3n) is 5.46. The fourth-order valence-electron chi connectivity index (χ4n) is 3.71. The van der Waals surface area contributed by atoms with Gasteiger partial charge in [0, 0.05) is 37.1 Å². The number of ether oxygens (including phenoxy) is 2. The fraction of sp³-hybridized carbons (Fsp3) is 0.296. The van der Waals surface area contributed by atoms with Gasteiger partial charge in [-0.2, -0.15) is 5.10 Å². The summed E-state index contributed by atoms with van der Waals surface area (Å²) < 4.78 is 13.5. The van der Waals surface area contributed by atoms with Gasteiger partial charge in [0.2, 0.25) is 0 Å². The van der Waals surface area contributed by atoms with Crippen molar-refractivity contribution in [1.82, 2.24) is 14.7 Å². The van der Waals surface area contributed by atoms with Gasteiger partial charge in [0.05, 0.1) is 22.2 Å². The van der Waals surface area contributed by atoms with Crippen LogP contribution in [-0.4, -0.2) is 51.3 Å². The van der Waals surface area contributed by atoms with E-state index >= 15 is 0 Å². The Morgan fingerprint density at radius 1 is 1.14 bits per heavy atom. The first kappa shape index (κ1) is 26.4. The lowest BCUT2D eigenvalue weighted by atomic mass is 10.1. The highest BCUT2D eigenvalue weighted by atomic mass is 35.5. The Balaban J connectivity index is 1.68. The summed E-state index contributed by atoms with van der Waals surface area (Å²) in [6, 6.07) is 15.5. The molecule has 0 spiro atoms. The van der Waals surface area contributed by atoms with Crippen molar-refractivity contribution >= 4 is 51.9 Å². The lowest BCUT2D eigenvalue weighted by Crippen LogP contribution is -2.29. The average molecular weight is 542 g/mol. The molecule has 1 fully saturated rings. The molecule has 0 aliphatic carbocycles. The number of hydrogen-bond donors (Lipinski definition) is 0. The molecule has 188 valence electrons. The summed E-state index contributed by atoms with van der Waals surface area (Å²) in [5, 5.41) is 5.36. The van der Waals surface area contributed by atoms with Crippen LogP contribution in [0.15, 0.2) is 59.6 Å². The molecular formula is C27H28ClN3O3S2. The fourth-order valence-corrected chi connectivity index (χ4v) is 5.25. The summed E-state index contributed by atoms with van der Waals surface area (Å²) in [5.41, 5.74) is 3.25. The number of para-hydroxylation sites is 1. The monoisotopic (exact) mass is 541 g/mol. The Morgan fingerprint density at radius 2 is 1.94 bits per heavy atom. The zero-order valence-electron chi connectivity index (χ0n) is 20.3. The number of carbonyl (C=O) groups is 1. The number of aromatic nitrogens is 2. The van der Waals surface area contributed by atoms with Crippen LogP contribution < -0.4 is 4.74 Å². The molecule has 0 radical (unpaired) electrons. The summed E-state index contributed by atoms with van der Waals surface area (Å²) in [6.07, 6.45) is 5.41. The van der Waals surface area contributed by atoms with Crippen molar-refractivity contribution in [3.8, 4) is 22.7 Å². The molecule has 4 rings (SSSR count). The second kappa shape index (κ2) is 12.5. The molecule has 0 unspecified atom stereocenters. The zero-order chi connectivity index (χ0) is 25.5. The maximum Gasteiger partial charge on any atom is 0.266 e. The molecule has 0 N–H and O–H groups in total. The average Bonchev–Trinajstić information content (AvgIpc) is 3.42. The van der Waals surface area contributed by atoms with Crippen molar-refractivity contribution < 1.29 is 14.3 Å². The SMILES string of the molecule is CCCOc1ccc(-c2nn(-c3ccccc3)cc2/C=C2\SC(=S)N(CCCOCC)C2=O)cc1Cl. The van der Waals surface area contributed by atoms with Crippen LogP contribution in [0.25, 0.3) is 23.0 Å². The lowest BCUT2D eigenvalue weighted by Gasteiger charge is -2.13. The first-order valence-electron chi connectivity index (χ1n) is 11.9.